The number of rotatable bonds is 8. The minimum atomic E-state index is -0.633. The van der Waals surface area contributed by atoms with Crippen molar-refractivity contribution in [3.05, 3.63) is 77.7 Å². The summed E-state index contributed by atoms with van der Waals surface area (Å²) in [5, 5.41) is 4.17. The third kappa shape index (κ3) is 4.88. The molecule has 144 valence electrons. The van der Waals surface area contributed by atoms with E-state index >= 15 is 0 Å². The molecular weight excluding hydrogens is 378 g/mol. The lowest BCUT2D eigenvalue weighted by Crippen LogP contribution is -2.12. The maximum absolute atomic E-state index is 7.54. The Hall–Kier alpha value is -2.90. The van der Waals surface area contributed by atoms with Gasteiger partial charge in [0.05, 0.1) is 6.54 Å². The van der Waals surface area contributed by atoms with E-state index in [9.17, 15) is 0 Å². The summed E-state index contributed by atoms with van der Waals surface area (Å²) in [6, 6.07) is 13.7. The zero-order chi connectivity index (χ0) is 20.0. The average Bonchev–Trinajstić information content (AvgIpc) is 3.21. The summed E-state index contributed by atoms with van der Waals surface area (Å²) < 4.78 is 11.4. The molecule has 3 aromatic rings. The van der Waals surface area contributed by atoms with E-state index in [2.05, 4.69) is 30.3 Å². The van der Waals surface area contributed by atoms with Gasteiger partial charge in [0.2, 0.25) is 0 Å². The van der Waals surface area contributed by atoms with Crippen LogP contribution in [0.25, 0.3) is 16.0 Å². The van der Waals surface area contributed by atoms with Gasteiger partial charge in [-0.15, -0.1) is 9.32 Å². The topological polar surface area (TPSA) is 88.8 Å². The molecule has 0 aliphatic rings. The molecule has 2 N–H and O–H groups in total. The average molecular weight is 397 g/mol. The molecule has 9 heteroatoms. The van der Waals surface area contributed by atoms with Crippen molar-refractivity contribution < 1.29 is 13.5 Å². The summed E-state index contributed by atoms with van der Waals surface area (Å²) in [5.41, 5.74) is 3.35. The van der Waals surface area contributed by atoms with E-state index in [1.54, 1.807) is 11.0 Å². The highest BCUT2D eigenvalue weighted by Gasteiger charge is 2.27. The molecule has 2 aromatic carbocycles. The predicted molar refractivity (Wildman–Crippen MR) is 105 cm³/mol. The first-order valence-corrected chi connectivity index (χ1v) is 9.01. The van der Waals surface area contributed by atoms with Gasteiger partial charge in [0.25, 0.3) is 17.9 Å². The molecule has 0 saturated heterocycles. The van der Waals surface area contributed by atoms with Gasteiger partial charge in [-0.25, -0.2) is 16.2 Å². The van der Waals surface area contributed by atoms with Gasteiger partial charge in [0.15, 0.2) is 0 Å². The Morgan fingerprint density at radius 2 is 1.96 bits per heavy atom. The van der Waals surface area contributed by atoms with E-state index in [0.717, 1.165) is 22.3 Å². The Morgan fingerprint density at radius 1 is 1.18 bits per heavy atom. The molecule has 0 atom stereocenters. The molecular formula is C19H19N5O3S. The molecule has 0 aliphatic heterocycles. The lowest BCUT2D eigenvalue weighted by atomic mass is 9.90. The van der Waals surface area contributed by atoms with Crippen LogP contribution >= 0.6 is 12.3 Å². The fraction of sp³-hybridized carbons (Fsp3) is 0.211. The van der Waals surface area contributed by atoms with Crippen LogP contribution in [0.1, 0.15) is 25.0 Å². The molecule has 0 spiro atoms. The summed E-state index contributed by atoms with van der Waals surface area (Å²) in [6.07, 6.45) is 3.17. The molecule has 0 amide bonds. The number of hydrogen-bond acceptors (Lipinski definition) is 7. The summed E-state index contributed by atoms with van der Waals surface area (Å²) in [7, 11) is 0. The molecule has 0 unspecified atom stereocenters. The Bertz CT molecular complexity index is 953. The van der Waals surface area contributed by atoms with Crippen LogP contribution in [0.3, 0.4) is 0 Å². The normalized spacial score (nSPS) is 11.2. The Morgan fingerprint density at radius 3 is 2.61 bits per heavy atom. The van der Waals surface area contributed by atoms with Crippen molar-refractivity contribution in [2.75, 3.05) is 0 Å². The van der Waals surface area contributed by atoms with Gasteiger partial charge in [-0.2, -0.15) is 11.0 Å². The highest BCUT2D eigenvalue weighted by atomic mass is 32.2. The molecule has 0 radical (unpaired) electrons. The quantitative estimate of drug-likeness (QED) is 0.203. The fourth-order valence-electron chi connectivity index (χ4n) is 2.64. The highest BCUT2D eigenvalue weighted by Crippen LogP contribution is 2.32. The Labute approximate surface area is 167 Å². The maximum atomic E-state index is 7.54. The molecule has 28 heavy (non-hydrogen) atoms. The van der Waals surface area contributed by atoms with Crippen LogP contribution < -0.4 is 10.1 Å². The highest BCUT2D eigenvalue weighted by molar-refractivity contribution is 7.90. The number of benzene rings is 2. The minimum Gasteiger partial charge on any atom is -0.399 e. The summed E-state index contributed by atoms with van der Waals surface area (Å²) in [5.74, 6) is 5.35. The van der Waals surface area contributed by atoms with Crippen LogP contribution in [0, 0.1) is 6.57 Å². The number of hydrogen-bond donors (Lipinski definition) is 1. The van der Waals surface area contributed by atoms with E-state index in [1.807, 2.05) is 50.2 Å². The van der Waals surface area contributed by atoms with Gasteiger partial charge in [-0.05, 0) is 47.0 Å². The molecule has 0 aliphatic carbocycles. The number of nitrogens with two attached hydrogens (primary N) is 1. The first kappa shape index (κ1) is 19.9. The van der Waals surface area contributed by atoms with Gasteiger partial charge in [-0.3, -0.25) is 0 Å². The van der Waals surface area contributed by atoms with E-state index in [4.69, 9.17) is 16.7 Å². The summed E-state index contributed by atoms with van der Waals surface area (Å²) >= 11 is 0.625. The van der Waals surface area contributed by atoms with E-state index in [1.165, 1.54) is 6.33 Å². The zero-order valence-corrected chi connectivity index (χ0v) is 16.2. The van der Waals surface area contributed by atoms with Gasteiger partial charge in [-0.1, -0.05) is 12.1 Å². The van der Waals surface area contributed by atoms with Gasteiger partial charge >= 0.3 is 0 Å². The van der Waals surface area contributed by atoms with E-state index in [-0.39, 0.29) is 0 Å². The van der Waals surface area contributed by atoms with Crippen LogP contribution in [0.15, 0.2) is 55.1 Å². The second-order valence-corrected chi connectivity index (χ2v) is 6.96. The fourth-order valence-corrected chi connectivity index (χ4v) is 2.89. The summed E-state index contributed by atoms with van der Waals surface area (Å²) in [4.78, 5) is 11.7. The van der Waals surface area contributed by atoms with Crippen LogP contribution in [-0.4, -0.2) is 14.8 Å². The monoisotopic (exact) mass is 397 g/mol. The molecule has 3 rings (SSSR count). The SMILES string of the molecule is [C-]#[N+]C(C)(C)c1cc(Cn2cncn2)cc(-c2ccc(OSOON)cc2)c1. The Kier molecular flexibility index (Phi) is 6.28. The molecule has 0 bridgehead atoms. The third-order valence-electron chi connectivity index (χ3n) is 4.17. The zero-order valence-electron chi connectivity index (χ0n) is 15.4. The van der Waals surface area contributed by atoms with Crippen molar-refractivity contribution in [1.82, 2.24) is 14.8 Å². The second-order valence-electron chi connectivity index (χ2n) is 6.52. The predicted octanol–water partition coefficient (Wildman–Crippen LogP) is 3.91. The van der Waals surface area contributed by atoms with Gasteiger partial charge < -0.3 is 9.03 Å². The van der Waals surface area contributed by atoms with Crippen molar-refractivity contribution in [2.24, 2.45) is 5.90 Å². The molecule has 0 saturated carbocycles. The van der Waals surface area contributed by atoms with Crippen molar-refractivity contribution >= 4 is 12.3 Å². The third-order valence-corrected chi connectivity index (χ3v) is 4.57. The second kappa shape index (κ2) is 8.86. The van der Waals surface area contributed by atoms with Crippen LogP contribution in [0.2, 0.25) is 0 Å². The largest absolute Gasteiger partial charge is 0.399 e. The minimum absolute atomic E-state index is 0.573. The van der Waals surface area contributed by atoms with Crippen molar-refractivity contribution in [2.45, 2.75) is 25.9 Å². The first-order valence-electron chi connectivity index (χ1n) is 8.34. The summed E-state index contributed by atoms with van der Waals surface area (Å²) in [6.45, 7) is 11.9. The molecule has 8 nitrogen and oxygen atoms in total. The van der Waals surface area contributed by atoms with Crippen molar-refractivity contribution in [1.29, 1.82) is 0 Å². The maximum Gasteiger partial charge on any atom is 0.260 e. The lowest BCUT2D eigenvalue weighted by Gasteiger charge is -2.16. The Balaban J connectivity index is 1.92. The van der Waals surface area contributed by atoms with Crippen LogP contribution in [-0.2, 0) is 21.4 Å². The molecule has 1 aromatic heterocycles. The van der Waals surface area contributed by atoms with E-state index < -0.39 is 5.54 Å². The van der Waals surface area contributed by atoms with Crippen molar-refractivity contribution in [3.63, 3.8) is 0 Å². The lowest BCUT2D eigenvalue weighted by molar-refractivity contribution is -0.199. The van der Waals surface area contributed by atoms with E-state index in [0.29, 0.717) is 24.6 Å². The smallest absolute Gasteiger partial charge is 0.260 e. The van der Waals surface area contributed by atoms with Crippen LogP contribution in [0.4, 0.5) is 0 Å². The van der Waals surface area contributed by atoms with Gasteiger partial charge in [0.1, 0.15) is 18.4 Å². The molecule has 1 heterocycles. The molecule has 0 fully saturated rings. The number of nitrogens with zero attached hydrogens (tertiary/aromatic N) is 4. The first-order chi connectivity index (χ1) is 13.5. The van der Waals surface area contributed by atoms with Crippen LogP contribution in [0.5, 0.6) is 5.75 Å². The number of aromatic nitrogens is 3. The standard InChI is InChI=1S/C19H19N5O3S/c1-19(2,21-3)17-9-14(11-24-13-22-12-23-24)8-16(10-17)15-4-6-18(7-5-15)25-28-27-26-20/h4-10,12-13H,11,20H2,1-2H3. The van der Waals surface area contributed by atoms with Crippen molar-refractivity contribution in [3.8, 4) is 16.9 Å². The van der Waals surface area contributed by atoms with Gasteiger partial charge in [0, 0.05) is 19.4 Å².